The van der Waals surface area contributed by atoms with Crippen molar-refractivity contribution in [2.75, 3.05) is 23.7 Å². The predicted octanol–water partition coefficient (Wildman–Crippen LogP) is 5.22. The van der Waals surface area contributed by atoms with Gasteiger partial charge in [0.25, 0.3) is 5.91 Å². The van der Waals surface area contributed by atoms with Crippen molar-refractivity contribution < 1.29 is 4.79 Å². The lowest BCUT2D eigenvalue weighted by molar-refractivity contribution is 0.0956. The van der Waals surface area contributed by atoms with E-state index in [1.807, 2.05) is 23.9 Å². The Bertz CT molecular complexity index is 1000. The Kier molecular flexibility index (Phi) is 6.75. The second kappa shape index (κ2) is 9.86. The summed E-state index contributed by atoms with van der Waals surface area (Å²) in [7, 11) is 0. The van der Waals surface area contributed by atoms with Gasteiger partial charge in [-0.05, 0) is 53.8 Å². The highest BCUT2D eigenvalue weighted by atomic mass is 32.2. The van der Waals surface area contributed by atoms with Gasteiger partial charge >= 0.3 is 0 Å². The molecule has 4 rings (SSSR count). The van der Waals surface area contributed by atoms with E-state index in [-0.39, 0.29) is 5.91 Å². The third-order valence-corrected chi connectivity index (χ3v) is 6.63. The number of carbonyl (C=O) groups excluding carboxylic acids is 1. The average molecular weight is 417 g/mol. The number of para-hydroxylation sites is 1. The lowest BCUT2D eigenvalue weighted by atomic mass is 10.1. The molecule has 0 aromatic heterocycles. The molecule has 0 radical (unpaired) electrons. The minimum Gasteiger partial charge on any atom is -0.367 e. The Hall–Kier alpha value is -2.72. The number of hydrogen-bond donors (Lipinski definition) is 1. The monoisotopic (exact) mass is 416 g/mol. The van der Waals surface area contributed by atoms with Gasteiger partial charge in [-0.3, -0.25) is 4.79 Å². The minimum atomic E-state index is 0.00422. The van der Waals surface area contributed by atoms with Crippen molar-refractivity contribution in [1.29, 1.82) is 0 Å². The molecular weight excluding hydrogens is 388 g/mol. The van der Waals surface area contributed by atoms with Gasteiger partial charge in [0.1, 0.15) is 0 Å². The van der Waals surface area contributed by atoms with Crippen molar-refractivity contribution in [1.82, 2.24) is 5.32 Å². The van der Waals surface area contributed by atoms with Crippen LogP contribution in [0.4, 0.5) is 5.69 Å². The molecule has 30 heavy (non-hydrogen) atoms. The van der Waals surface area contributed by atoms with Crippen LogP contribution in [-0.4, -0.2) is 24.7 Å². The maximum absolute atomic E-state index is 12.4. The van der Waals surface area contributed by atoms with Crippen LogP contribution in [-0.2, 0) is 18.7 Å². The van der Waals surface area contributed by atoms with Crippen LogP contribution in [0.5, 0.6) is 0 Å². The number of aryl methyl sites for hydroxylation is 1. The van der Waals surface area contributed by atoms with Crippen molar-refractivity contribution in [3.8, 4) is 0 Å². The lowest BCUT2D eigenvalue weighted by Crippen LogP contribution is -2.25. The van der Waals surface area contributed by atoms with E-state index in [1.165, 1.54) is 27.9 Å². The summed E-state index contributed by atoms with van der Waals surface area (Å²) < 4.78 is 0. The Morgan fingerprint density at radius 1 is 1.00 bits per heavy atom. The van der Waals surface area contributed by atoms with Gasteiger partial charge in [-0.25, -0.2) is 0 Å². The van der Waals surface area contributed by atoms with Gasteiger partial charge in [0, 0.05) is 42.4 Å². The van der Waals surface area contributed by atoms with E-state index in [1.54, 1.807) is 0 Å². The molecule has 0 bridgehead atoms. The van der Waals surface area contributed by atoms with E-state index in [2.05, 4.69) is 77.8 Å². The number of rotatable bonds is 8. The first-order valence-corrected chi connectivity index (χ1v) is 11.7. The molecule has 3 aromatic carbocycles. The fraction of sp³-hybridized carbons (Fsp3) is 0.269. The molecule has 1 aliphatic heterocycles. The minimum absolute atomic E-state index is 0.00422. The van der Waals surface area contributed by atoms with Crippen molar-refractivity contribution >= 4 is 23.4 Å². The molecule has 1 aliphatic rings. The highest BCUT2D eigenvalue weighted by molar-refractivity contribution is 7.98. The summed E-state index contributed by atoms with van der Waals surface area (Å²) in [5.74, 6) is 1.90. The molecule has 1 amide bonds. The molecule has 0 saturated carbocycles. The molecule has 4 heteroatoms. The molecule has 3 nitrogen and oxygen atoms in total. The van der Waals surface area contributed by atoms with Gasteiger partial charge in [-0.2, -0.15) is 11.8 Å². The summed E-state index contributed by atoms with van der Waals surface area (Å²) in [6.07, 6.45) is 1.11. The first-order chi connectivity index (χ1) is 14.7. The molecular formula is C26H28N2OS. The van der Waals surface area contributed by atoms with Crippen LogP contribution >= 0.6 is 11.8 Å². The van der Waals surface area contributed by atoms with Crippen LogP contribution in [0.3, 0.4) is 0 Å². The standard InChI is InChI=1S/C26H28N2OS/c1-20-6-2-3-8-24(20)19-30-17-15-27-26(29)23-12-10-21(11-13-23)18-28-16-14-22-7-4-5-9-25(22)28/h2-13H,14-19H2,1H3,(H,27,29). The number of nitrogens with one attached hydrogen (secondary N) is 1. The highest BCUT2D eigenvalue weighted by Crippen LogP contribution is 2.28. The average Bonchev–Trinajstić information content (AvgIpc) is 3.18. The molecule has 3 aromatic rings. The SMILES string of the molecule is Cc1ccccc1CSCCNC(=O)c1ccc(CN2CCc3ccccc32)cc1. The fourth-order valence-electron chi connectivity index (χ4n) is 3.85. The Morgan fingerprint density at radius 2 is 1.77 bits per heavy atom. The first-order valence-electron chi connectivity index (χ1n) is 10.5. The number of fused-ring (bicyclic) bond motifs is 1. The number of anilines is 1. The number of nitrogens with zero attached hydrogens (tertiary/aromatic N) is 1. The number of amides is 1. The Morgan fingerprint density at radius 3 is 2.60 bits per heavy atom. The molecule has 0 atom stereocenters. The van der Waals surface area contributed by atoms with Crippen molar-refractivity contribution in [3.63, 3.8) is 0 Å². The van der Waals surface area contributed by atoms with E-state index in [4.69, 9.17) is 0 Å². The predicted molar refractivity (Wildman–Crippen MR) is 127 cm³/mol. The van der Waals surface area contributed by atoms with Gasteiger partial charge in [0.2, 0.25) is 0 Å². The van der Waals surface area contributed by atoms with Gasteiger partial charge in [0.05, 0.1) is 0 Å². The van der Waals surface area contributed by atoms with Crippen LogP contribution in [0.25, 0.3) is 0 Å². The third-order valence-electron chi connectivity index (χ3n) is 5.62. The van der Waals surface area contributed by atoms with E-state index < -0.39 is 0 Å². The first kappa shape index (κ1) is 20.5. The Labute approximate surface area is 183 Å². The van der Waals surface area contributed by atoms with Crippen molar-refractivity contribution in [3.05, 3.63) is 101 Å². The van der Waals surface area contributed by atoms with Gasteiger partial charge in [-0.1, -0.05) is 54.6 Å². The van der Waals surface area contributed by atoms with Crippen molar-refractivity contribution in [2.45, 2.75) is 25.6 Å². The zero-order valence-corrected chi connectivity index (χ0v) is 18.3. The molecule has 0 saturated heterocycles. The summed E-state index contributed by atoms with van der Waals surface area (Å²) in [5, 5.41) is 3.04. The van der Waals surface area contributed by atoms with Crippen LogP contribution < -0.4 is 10.2 Å². The number of benzene rings is 3. The quantitative estimate of drug-likeness (QED) is 0.511. The van der Waals surface area contributed by atoms with E-state index >= 15 is 0 Å². The summed E-state index contributed by atoms with van der Waals surface area (Å²) in [6, 6.07) is 25.1. The molecule has 0 unspecified atom stereocenters. The maximum Gasteiger partial charge on any atom is 0.251 e. The summed E-state index contributed by atoms with van der Waals surface area (Å²) in [5.41, 5.74) is 7.41. The van der Waals surface area contributed by atoms with Crippen molar-refractivity contribution in [2.24, 2.45) is 0 Å². The zero-order chi connectivity index (χ0) is 20.8. The van der Waals surface area contributed by atoms with E-state index in [0.29, 0.717) is 6.54 Å². The van der Waals surface area contributed by atoms with Crippen LogP contribution in [0, 0.1) is 6.92 Å². The highest BCUT2D eigenvalue weighted by Gasteiger charge is 2.18. The summed E-state index contributed by atoms with van der Waals surface area (Å²) in [4.78, 5) is 14.8. The zero-order valence-electron chi connectivity index (χ0n) is 17.4. The topological polar surface area (TPSA) is 32.3 Å². The molecule has 0 aliphatic carbocycles. The largest absolute Gasteiger partial charge is 0.367 e. The smallest absolute Gasteiger partial charge is 0.251 e. The molecule has 0 fully saturated rings. The molecule has 0 spiro atoms. The number of hydrogen-bond acceptors (Lipinski definition) is 3. The van der Waals surface area contributed by atoms with Gasteiger partial charge < -0.3 is 10.2 Å². The van der Waals surface area contributed by atoms with Crippen LogP contribution in [0.15, 0.2) is 72.8 Å². The van der Waals surface area contributed by atoms with Gasteiger partial charge in [-0.15, -0.1) is 0 Å². The second-order valence-corrected chi connectivity index (χ2v) is 8.84. The van der Waals surface area contributed by atoms with E-state index in [0.717, 1.165) is 36.6 Å². The van der Waals surface area contributed by atoms with Gasteiger partial charge in [0.15, 0.2) is 0 Å². The number of thioether (sulfide) groups is 1. The lowest BCUT2D eigenvalue weighted by Gasteiger charge is -2.19. The van der Waals surface area contributed by atoms with E-state index in [9.17, 15) is 4.79 Å². The molecule has 1 N–H and O–H groups in total. The van der Waals surface area contributed by atoms with Crippen LogP contribution in [0.1, 0.15) is 32.6 Å². The Balaban J connectivity index is 1.22. The maximum atomic E-state index is 12.4. The second-order valence-electron chi connectivity index (χ2n) is 7.73. The molecule has 154 valence electrons. The normalized spacial score (nSPS) is 12.6. The number of carbonyl (C=O) groups is 1. The molecule has 1 heterocycles. The summed E-state index contributed by atoms with van der Waals surface area (Å²) in [6.45, 7) is 4.77. The third kappa shape index (κ3) is 5.06. The fourth-order valence-corrected chi connectivity index (χ4v) is 4.78. The van der Waals surface area contributed by atoms with Crippen LogP contribution in [0.2, 0.25) is 0 Å². The summed E-state index contributed by atoms with van der Waals surface area (Å²) >= 11 is 1.85.